The third-order valence-corrected chi connectivity index (χ3v) is 4.88. The number of rotatable bonds is 2. The number of methoxy groups -OCH3 is 1. The van der Waals surface area contributed by atoms with Gasteiger partial charge >= 0.3 is 12.1 Å². The topological polar surface area (TPSA) is 35.5 Å². The van der Waals surface area contributed by atoms with Crippen LogP contribution in [0.25, 0.3) is 0 Å². The fourth-order valence-corrected chi connectivity index (χ4v) is 3.51. The fourth-order valence-electron chi connectivity index (χ4n) is 2.82. The highest BCUT2D eigenvalue weighted by Crippen LogP contribution is 2.48. The molecular formula is C17H12BrF3O3. The van der Waals surface area contributed by atoms with Crippen LogP contribution in [0, 0.1) is 0 Å². The normalized spacial score (nSPS) is 19.5. The van der Waals surface area contributed by atoms with Gasteiger partial charge in [-0.1, -0.05) is 30.3 Å². The largest absolute Gasteiger partial charge is 0.470 e. The number of carbonyl (C=O) groups is 1. The number of carbonyl (C=O) groups excluding carboxylic acids is 1. The number of benzene rings is 2. The van der Waals surface area contributed by atoms with E-state index in [1.807, 2.05) is 0 Å². The average molecular weight is 401 g/mol. The Labute approximate surface area is 144 Å². The lowest BCUT2D eigenvalue weighted by atomic mass is 9.89. The quantitative estimate of drug-likeness (QED) is 0.697. The zero-order valence-corrected chi connectivity index (χ0v) is 14.1. The smallest absolute Gasteiger partial charge is 0.417 e. The molecule has 0 unspecified atom stereocenters. The van der Waals surface area contributed by atoms with Gasteiger partial charge in [0, 0.05) is 22.0 Å². The van der Waals surface area contributed by atoms with Crippen molar-refractivity contribution >= 4 is 21.9 Å². The molecule has 0 saturated heterocycles. The number of esters is 1. The molecule has 1 atom stereocenters. The van der Waals surface area contributed by atoms with Crippen molar-refractivity contribution < 1.29 is 27.4 Å². The number of fused-ring (bicyclic) bond motifs is 1. The van der Waals surface area contributed by atoms with Crippen LogP contribution in [0.4, 0.5) is 13.2 Å². The van der Waals surface area contributed by atoms with Gasteiger partial charge in [0.2, 0.25) is 5.60 Å². The van der Waals surface area contributed by atoms with Crippen LogP contribution in [0.5, 0.6) is 5.75 Å². The lowest BCUT2D eigenvalue weighted by Gasteiger charge is -2.26. The number of ether oxygens (including phenoxy) is 2. The molecule has 1 aliphatic rings. The first-order chi connectivity index (χ1) is 11.3. The van der Waals surface area contributed by atoms with E-state index in [0.717, 1.165) is 6.07 Å². The van der Waals surface area contributed by atoms with Crippen LogP contribution >= 0.6 is 15.9 Å². The summed E-state index contributed by atoms with van der Waals surface area (Å²) >= 11 is 3.01. The predicted molar refractivity (Wildman–Crippen MR) is 83.6 cm³/mol. The fraction of sp³-hybridized carbons (Fsp3) is 0.235. The molecule has 2 aromatic rings. The standard InChI is InChI=1S/C17H12BrF3O3/c1-23-15(22)16(10-5-3-2-4-6-10)9-11-13(24-16)8-7-12(14(11)18)17(19,20)21/h2-8H,9H2,1H3/t16-/m0/s1. The van der Waals surface area contributed by atoms with Gasteiger partial charge in [0.05, 0.1) is 12.7 Å². The molecule has 0 spiro atoms. The van der Waals surface area contributed by atoms with Crippen molar-refractivity contribution in [3.63, 3.8) is 0 Å². The molecule has 0 aromatic heterocycles. The van der Waals surface area contributed by atoms with Gasteiger partial charge in [-0.2, -0.15) is 13.2 Å². The van der Waals surface area contributed by atoms with Crippen LogP contribution in [0.1, 0.15) is 16.7 Å². The molecule has 0 fully saturated rings. The van der Waals surface area contributed by atoms with Crippen molar-refractivity contribution in [1.29, 1.82) is 0 Å². The van der Waals surface area contributed by atoms with Crippen LogP contribution in [-0.4, -0.2) is 13.1 Å². The molecule has 3 nitrogen and oxygen atoms in total. The van der Waals surface area contributed by atoms with Crippen LogP contribution in [0.2, 0.25) is 0 Å². The Morgan fingerprint density at radius 1 is 1.21 bits per heavy atom. The molecular weight excluding hydrogens is 389 g/mol. The summed E-state index contributed by atoms with van der Waals surface area (Å²) in [4.78, 5) is 12.4. The predicted octanol–water partition coefficient (Wildman–Crippen LogP) is 4.47. The van der Waals surface area contributed by atoms with Crippen LogP contribution < -0.4 is 4.74 Å². The monoisotopic (exact) mass is 400 g/mol. The molecule has 1 heterocycles. The Morgan fingerprint density at radius 3 is 2.46 bits per heavy atom. The third-order valence-electron chi connectivity index (χ3n) is 3.97. The summed E-state index contributed by atoms with van der Waals surface area (Å²) in [7, 11) is 1.22. The number of halogens is 4. The van der Waals surface area contributed by atoms with E-state index >= 15 is 0 Å². The number of hydrogen-bond donors (Lipinski definition) is 0. The molecule has 7 heteroatoms. The summed E-state index contributed by atoms with van der Waals surface area (Å²) in [5.74, 6) is -0.436. The van der Waals surface area contributed by atoms with Gasteiger partial charge in [-0.05, 0) is 28.1 Å². The highest BCUT2D eigenvalue weighted by molar-refractivity contribution is 9.10. The molecule has 0 amide bonds. The van der Waals surface area contributed by atoms with Gasteiger partial charge in [0.15, 0.2) is 0 Å². The molecule has 0 radical (unpaired) electrons. The van der Waals surface area contributed by atoms with Crippen molar-refractivity contribution in [2.24, 2.45) is 0 Å². The van der Waals surface area contributed by atoms with E-state index < -0.39 is 23.3 Å². The molecule has 2 aromatic carbocycles. The van der Waals surface area contributed by atoms with E-state index in [9.17, 15) is 18.0 Å². The van der Waals surface area contributed by atoms with E-state index in [4.69, 9.17) is 9.47 Å². The second kappa shape index (κ2) is 5.81. The first-order valence-electron chi connectivity index (χ1n) is 7.01. The summed E-state index contributed by atoms with van der Waals surface area (Å²) in [5, 5.41) is 0. The summed E-state index contributed by atoms with van der Waals surface area (Å²) in [6, 6.07) is 10.7. The van der Waals surface area contributed by atoms with Gasteiger partial charge in [-0.3, -0.25) is 0 Å². The minimum atomic E-state index is -4.50. The van der Waals surface area contributed by atoms with Crippen molar-refractivity contribution in [3.8, 4) is 5.75 Å². The molecule has 1 aliphatic heterocycles. The molecule has 0 aliphatic carbocycles. The summed E-state index contributed by atoms with van der Waals surface area (Å²) in [6.07, 6.45) is -4.55. The van der Waals surface area contributed by atoms with Gasteiger partial charge in [-0.25, -0.2) is 4.79 Å². The van der Waals surface area contributed by atoms with Crippen molar-refractivity contribution in [2.45, 2.75) is 18.2 Å². The summed E-state index contributed by atoms with van der Waals surface area (Å²) < 4.78 is 49.8. The molecule has 3 rings (SSSR count). The molecule has 24 heavy (non-hydrogen) atoms. The minimum absolute atomic E-state index is 0.0521. The minimum Gasteiger partial charge on any atom is -0.470 e. The summed E-state index contributed by atoms with van der Waals surface area (Å²) in [5.41, 5.74) is -1.49. The SMILES string of the molecule is COC(=O)[C@@]1(c2ccccc2)Cc2c(ccc(C(F)(F)F)c2Br)O1. The molecule has 0 saturated carbocycles. The molecule has 0 bridgehead atoms. The highest BCUT2D eigenvalue weighted by Gasteiger charge is 2.50. The maximum atomic E-state index is 13.1. The van der Waals surface area contributed by atoms with Crippen LogP contribution in [0.15, 0.2) is 46.9 Å². The lowest BCUT2D eigenvalue weighted by molar-refractivity contribution is -0.158. The van der Waals surface area contributed by atoms with Crippen LogP contribution in [0.3, 0.4) is 0 Å². The Morgan fingerprint density at radius 2 is 1.88 bits per heavy atom. The Hall–Kier alpha value is -2.02. The zero-order valence-electron chi connectivity index (χ0n) is 12.5. The number of alkyl halides is 3. The Balaban J connectivity index is 2.14. The van der Waals surface area contributed by atoms with Gasteiger partial charge in [0.1, 0.15) is 5.75 Å². The first-order valence-corrected chi connectivity index (χ1v) is 7.80. The molecule has 126 valence electrons. The highest BCUT2D eigenvalue weighted by atomic mass is 79.9. The van der Waals surface area contributed by atoms with E-state index in [1.54, 1.807) is 30.3 Å². The summed E-state index contributed by atoms with van der Waals surface area (Å²) in [6.45, 7) is 0. The van der Waals surface area contributed by atoms with Crippen LogP contribution in [-0.2, 0) is 27.7 Å². The van der Waals surface area contributed by atoms with E-state index in [-0.39, 0.29) is 16.6 Å². The molecule has 0 N–H and O–H groups in total. The maximum Gasteiger partial charge on any atom is 0.417 e. The Kier molecular flexibility index (Phi) is 4.07. The third kappa shape index (κ3) is 2.56. The average Bonchev–Trinajstić information content (AvgIpc) is 2.96. The number of hydrogen-bond acceptors (Lipinski definition) is 3. The van der Waals surface area contributed by atoms with Gasteiger partial charge in [0.25, 0.3) is 0 Å². The van der Waals surface area contributed by atoms with E-state index in [1.165, 1.54) is 13.2 Å². The second-order valence-electron chi connectivity index (χ2n) is 5.37. The second-order valence-corrected chi connectivity index (χ2v) is 6.16. The van der Waals surface area contributed by atoms with Gasteiger partial charge in [-0.15, -0.1) is 0 Å². The van der Waals surface area contributed by atoms with E-state index in [2.05, 4.69) is 15.9 Å². The zero-order chi connectivity index (χ0) is 17.5. The maximum absolute atomic E-state index is 13.1. The van der Waals surface area contributed by atoms with Crippen molar-refractivity contribution in [1.82, 2.24) is 0 Å². The first kappa shape index (κ1) is 16.8. The van der Waals surface area contributed by atoms with Crippen molar-refractivity contribution in [2.75, 3.05) is 7.11 Å². The lowest BCUT2D eigenvalue weighted by Crippen LogP contribution is -2.41. The Bertz CT molecular complexity index is 790. The van der Waals surface area contributed by atoms with E-state index in [0.29, 0.717) is 11.1 Å². The van der Waals surface area contributed by atoms with Gasteiger partial charge < -0.3 is 9.47 Å². The van der Waals surface area contributed by atoms with Crippen molar-refractivity contribution in [3.05, 3.63) is 63.6 Å².